The molecule has 0 spiro atoms. The fourth-order valence-electron chi connectivity index (χ4n) is 3.19. The van der Waals surface area contributed by atoms with Crippen LogP contribution in [-0.4, -0.2) is 12.6 Å². The first-order chi connectivity index (χ1) is 9.18. The highest BCUT2D eigenvalue weighted by molar-refractivity contribution is 5.31. The summed E-state index contributed by atoms with van der Waals surface area (Å²) in [7, 11) is 0. The Bertz CT molecular complexity index is 435. The Morgan fingerprint density at radius 1 is 1.10 bits per heavy atom. The van der Waals surface area contributed by atoms with E-state index in [0.29, 0.717) is 22.8 Å². The molecular formula is C19H31N. The molecule has 2 aliphatic rings. The molecule has 3 atom stereocenters. The lowest BCUT2D eigenvalue weighted by Gasteiger charge is -2.39. The van der Waals surface area contributed by atoms with E-state index >= 15 is 0 Å². The number of hydrogen-bond acceptors (Lipinski definition) is 1. The van der Waals surface area contributed by atoms with Crippen LogP contribution in [0.15, 0.2) is 29.5 Å². The minimum atomic E-state index is 0.295. The maximum Gasteiger partial charge on any atom is 0.0396 e. The van der Waals surface area contributed by atoms with Crippen LogP contribution in [0, 0.1) is 22.7 Å². The molecule has 1 saturated heterocycles. The van der Waals surface area contributed by atoms with Gasteiger partial charge in [-0.15, -0.1) is 5.73 Å². The molecule has 1 heterocycles. The molecule has 1 fully saturated rings. The van der Waals surface area contributed by atoms with Crippen LogP contribution in [-0.2, 0) is 0 Å². The van der Waals surface area contributed by atoms with Gasteiger partial charge in [-0.25, -0.2) is 0 Å². The summed E-state index contributed by atoms with van der Waals surface area (Å²) >= 11 is 0. The molecule has 1 aliphatic heterocycles. The molecule has 0 aromatic carbocycles. The van der Waals surface area contributed by atoms with Crippen molar-refractivity contribution >= 4 is 0 Å². The molecule has 0 aromatic rings. The first-order valence-corrected chi connectivity index (χ1v) is 8.06. The van der Waals surface area contributed by atoms with Crippen molar-refractivity contribution < 1.29 is 0 Å². The first-order valence-electron chi connectivity index (χ1n) is 8.06. The van der Waals surface area contributed by atoms with Crippen LogP contribution in [0.1, 0.15) is 54.4 Å². The monoisotopic (exact) mass is 273 g/mol. The van der Waals surface area contributed by atoms with Crippen molar-refractivity contribution in [3.05, 3.63) is 29.5 Å². The number of piperidine rings is 1. The van der Waals surface area contributed by atoms with E-state index in [2.05, 4.69) is 70.8 Å². The number of nitrogens with one attached hydrogen (secondary N) is 1. The summed E-state index contributed by atoms with van der Waals surface area (Å²) < 4.78 is 0. The molecule has 112 valence electrons. The van der Waals surface area contributed by atoms with Gasteiger partial charge >= 0.3 is 0 Å². The standard InChI is InChI=1S/C19H31N/c1-18(2,3)15-9-7-14(8-10-15)17-13-16(11-12-20-17)19(4,5)6/h7,9-10,15-17,20H,11-13H2,1-6H3. The highest BCUT2D eigenvalue weighted by Gasteiger charge is 2.32. The van der Waals surface area contributed by atoms with Crippen molar-refractivity contribution in [2.45, 2.75) is 60.4 Å². The molecule has 1 aliphatic carbocycles. The lowest BCUT2D eigenvalue weighted by Crippen LogP contribution is -2.42. The number of rotatable bonds is 1. The van der Waals surface area contributed by atoms with Crippen molar-refractivity contribution in [2.75, 3.05) is 6.54 Å². The molecular weight excluding hydrogens is 242 g/mol. The molecule has 3 unspecified atom stereocenters. The van der Waals surface area contributed by atoms with Crippen LogP contribution < -0.4 is 5.32 Å². The van der Waals surface area contributed by atoms with Gasteiger partial charge in [0.15, 0.2) is 0 Å². The summed E-state index contributed by atoms with van der Waals surface area (Å²) in [5.41, 5.74) is 5.61. The minimum absolute atomic E-state index is 0.295. The second-order valence-corrected chi connectivity index (χ2v) is 8.61. The Kier molecular flexibility index (Phi) is 4.33. The molecule has 2 rings (SSSR count). The van der Waals surface area contributed by atoms with E-state index in [0.717, 1.165) is 12.5 Å². The van der Waals surface area contributed by atoms with Gasteiger partial charge in [0.1, 0.15) is 0 Å². The molecule has 20 heavy (non-hydrogen) atoms. The summed E-state index contributed by atoms with van der Waals surface area (Å²) in [6.45, 7) is 15.1. The Morgan fingerprint density at radius 2 is 1.80 bits per heavy atom. The van der Waals surface area contributed by atoms with Gasteiger partial charge < -0.3 is 5.32 Å². The van der Waals surface area contributed by atoms with E-state index in [-0.39, 0.29) is 0 Å². The third kappa shape index (κ3) is 3.65. The molecule has 1 nitrogen and oxygen atoms in total. The molecule has 1 heteroatoms. The normalized spacial score (nSPS) is 31.3. The highest BCUT2D eigenvalue weighted by atomic mass is 14.9. The third-order valence-corrected chi connectivity index (χ3v) is 4.92. The third-order valence-electron chi connectivity index (χ3n) is 4.92. The summed E-state index contributed by atoms with van der Waals surface area (Å²) in [5.74, 6) is 1.31. The van der Waals surface area contributed by atoms with E-state index in [1.807, 2.05) is 0 Å². The van der Waals surface area contributed by atoms with E-state index in [4.69, 9.17) is 0 Å². The Hall–Kier alpha value is -0.780. The van der Waals surface area contributed by atoms with Crippen molar-refractivity contribution in [1.29, 1.82) is 0 Å². The maximum atomic E-state index is 3.67. The number of allylic oxidation sites excluding steroid dienone is 1. The molecule has 0 bridgehead atoms. The summed E-state index contributed by atoms with van der Waals surface area (Å²) in [6, 6.07) is 0.487. The van der Waals surface area contributed by atoms with Crippen molar-refractivity contribution in [3.63, 3.8) is 0 Å². The van der Waals surface area contributed by atoms with E-state index in [1.165, 1.54) is 18.4 Å². The van der Waals surface area contributed by atoms with Gasteiger partial charge in [-0.3, -0.25) is 0 Å². The fourth-order valence-corrected chi connectivity index (χ4v) is 3.19. The molecule has 0 saturated carbocycles. The van der Waals surface area contributed by atoms with Crippen LogP contribution in [0.4, 0.5) is 0 Å². The van der Waals surface area contributed by atoms with E-state index < -0.39 is 0 Å². The van der Waals surface area contributed by atoms with Crippen LogP contribution in [0.3, 0.4) is 0 Å². The van der Waals surface area contributed by atoms with Crippen molar-refractivity contribution in [3.8, 4) is 0 Å². The summed E-state index contributed by atoms with van der Waals surface area (Å²) in [5, 5.41) is 3.67. The lowest BCUT2D eigenvalue weighted by atomic mass is 9.72. The molecule has 0 radical (unpaired) electrons. The zero-order chi connectivity index (χ0) is 15.0. The smallest absolute Gasteiger partial charge is 0.0396 e. The second kappa shape index (κ2) is 5.54. The molecule has 0 amide bonds. The predicted octanol–water partition coefficient (Wildman–Crippen LogP) is 4.71. The Balaban J connectivity index is 2.10. The zero-order valence-corrected chi connectivity index (χ0v) is 14.1. The van der Waals surface area contributed by atoms with E-state index in [9.17, 15) is 0 Å². The van der Waals surface area contributed by atoms with Crippen LogP contribution in [0.25, 0.3) is 0 Å². The SMILES string of the molecule is CC(C)(C)C1C=C=C(C2CC(C(C)(C)C)CCN2)C=C1. The summed E-state index contributed by atoms with van der Waals surface area (Å²) in [4.78, 5) is 0. The quantitative estimate of drug-likeness (QED) is 0.682. The predicted molar refractivity (Wildman–Crippen MR) is 87.7 cm³/mol. The second-order valence-electron chi connectivity index (χ2n) is 8.61. The van der Waals surface area contributed by atoms with Gasteiger partial charge in [0.05, 0.1) is 0 Å². The van der Waals surface area contributed by atoms with Crippen LogP contribution >= 0.6 is 0 Å². The van der Waals surface area contributed by atoms with Crippen LogP contribution in [0.5, 0.6) is 0 Å². The van der Waals surface area contributed by atoms with Gasteiger partial charge in [0.2, 0.25) is 0 Å². The number of hydrogen-bond donors (Lipinski definition) is 1. The average Bonchev–Trinajstić information content (AvgIpc) is 2.37. The molecule has 1 N–H and O–H groups in total. The van der Waals surface area contributed by atoms with Gasteiger partial charge in [-0.05, 0) is 42.2 Å². The summed E-state index contributed by atoms with van der Waals surface area (Å²) in [6.07, 6.45) is 9.46. The average molecular weight is 273 g/mol. The fraction of sp³-hybridized carbons (Fsp3) is 0.737. The topological polar surface area (TPSA) is 12.0 Å². The van der Waals surface area contributed by atoms with Crippen LogP contribution in [0.2, 0.25) is 0 Å². The van der Waals surface area contributed by atoms with Crippen molar-refractivity contribution in [1.82, 2.24) is 5.32 Å². The minimum Gasteiger partial charge on any atom is -0.309 e. The van der Waals surface area contributed by atoms with E-state index in [1.54, 1.807) is 0 Å². The van der Waals surface area contributed by atoms with Crippen molar-refractivity contribution in [2.24, 2.45) is 22.7 Å². The Morgan fingerprint density at radius 3 is 2.30 bits per heavy atom. The zero-order valence-electron chi connectivity index (χ0n) is 14.1. The van der Waals surface area contributed by atoms with Gasteiger partial charge in [0, 0.05) is 17.5 Å². The van der Waals surface area contributed by atoms with Gasteiger partial charge in [0.25, 0.3) is 0 Å². The Labute approximate surface area is 125 Å². The van der Waals surface area contributed by atoms with Gasteiger partial charge in [-0.2, -0.15) is 0 Å². The maximum absolute atomic E-state index is 3.67. The lowest BCUT2D eigenvalue weighted by molar-refractivity contribution is 0.170. The highest BCUT2D eigenvalue weighted by Crippen LogP contribution is 2.37. The molecule has 0 aromatic heterocycles. The van der Waals surface area contributed by atoms with Gasteiger partial charge in [-0.1, -0.05) is 53.7 Å². The largest absolute Gasteiger partial charge is 0.309 e. The first kappa shape index (κ1) is 15.6.